The van der Waals surface area contributed by atoms with Crippen molar-refractivity contribution in [2.75, 3.05) is 18.2 Å². The van der Waals surface area contributed by atoms with E-state index in [1.165, 1.54) is 17.8 Å². The number of para-hydroxylation sites is 1. The highest BCUT2D eigenvalue weighted by Crippen LogP contribution is 2.23. The maximum atomic E-state index is 12.5. The van der Waals surface area contributed by atoms with Crippen molar-refractivity contribution in [3.8, 4) is 11.4 Å². The van der Waals surface area contributed by atoms with E-state index in [4.69, 9.17) is 4.74 Å². The number of ether oxygens (including phenoxy) is 1. The third kappa shape index (κ3) is 5.57. The van der Waals surface area contributed by atoms with E-state index in [9.17, 15) is 14.4 Å². The molecule has 0 radical (unpaired) electrons. The molecular formula is C22H20N6O4S. The fraction of sp³-hybridized carbons (Fsp3) is 0.136. The van der Waals surface area contributed by atoms with E-state index >= 15 is 0 Å². The highest BCUT2D eigenvalue weighted by atomic mass is 32.2. The quantitative estimate of drug-likeness (QED) is 0.339. The number of benzene rings is 2. The Kier molecular flexibility index (Phi) is 6.69. The Labute approximate surface area is 192 Å². The lowest BCUT2D eigenvalue weighted by Crippen LogP contribution is -2.23. The van der Waals surface area contributed by atoms with Crippen molar-refractivity contribution in [2.45, 2.75) is 11.6 Å². The monoisotopic (exact) mass is 464 g/mol. The molecule has 0 saturated heterocycles. The summed E-state index contributed by atoms with van der Waals surface area (Å²) in [5, 5.41) is 11.8. The molecule has 4 rings (SSSR count). The Hall–Kier alpha value is -4.12. The largest absolute Gasteiger partial charge is 0.497 e. The number of aromatic nitrogens is 5. The Morgan fingerprint density at radius 3 is 2.52 bits per heavy atom. The summed E-state index contributed by atoms with van der Waals surface area (Å²) >= 11 is 1.23. The van der Waals surface area contributed by atoms with Crippen molar-refractivity contribution >= 4 is 23.4 Å². The molecule has 168 valence electrons. The van der Waals surface area contributed by atoms with Gasteiger partial charge in [-0.2, -0.15) is 0 Å². The zero-order valence-electron chi connectivity index (χ0n) is 17.6. The second-order valence-electron chi connectivity index (χ2n) is 6.92. The molecule has 0 aliphatic rings. The smallest absolute Gasteiger partial charge is 0.325 e. The lowest BCUT2D eigenvalue weighted by Gasteiger charge is -2.10. The lowest BCUT2D eigenvalue weighted by molar-refractivity contribution is -0.113. The Morgan fingerprint density at radius 2 is 1.82 bits per heavy atom. The van der Waals surface area contributed by atoms with Crippen molar-refractivity contribution in [3.05, 3.63) is 93.0 Å². The molecule has 0 atom stereocenters. The Bertz CT molecular complexity index is 1330. The molecule has 10 nitrogen and oxygen atoms in total. The van der Waals surface area contributed by atoms with Gasteiger partial charge in [-0.3, -0.25) is 19.1 Å². The molecule has 0 bridgehead atoms. The standard InChI is InChI=1S/C22H20N6O4S/c1-32-17-9-7-14(8-10-17)23-20(30)13-33-22-27-26-18(28(22)16-5-3-2-4-6-16)11-15-12-19(29)25-21(31)24-15/h2-10,12H,11,13H2,1H3,(H,23,30)(H2,24,25,29,31). The van der Waals surface area contributed by atoms with Gasteiger partial charge in [-0.1, -0.05) is 30.0 Å². The van der Waals surface area contributed by atoms with Gasteiger partial charge in [-0.15, -0.1) is 10.2 Å². The minimum Gasteiger partial charge on any atom is -0.497 e. The van der Waals surface area contributed by atoms with Crippen LogP contribution in [0.4, 0.5) is 5.69 Å². The van der Waals surface area contributed by atoms with Crippen molar-refractivity contribution in [2.24, 2.45) is 0 Å². The van der Waals surface area contributed by atoms with Crippen LogP contribution in [0, 0.1) is 0 Å². The highest BCUT2D eigenvalue weighted by molar-refractivity contribution is 7.99. The minimum atomic E-state index is -0.590. The average Bonchev–Trinajstić information content (AvgIpc) is 3.20. The molecule has 0 fully saturated rings. The fourth-order valence-electron chi connectivity index (χ4n) is 3.13. The van der Waals surface area contributed by atoms with Crippen molar-refractivity contribution in [1.29, 1.82) is 0 Å². The molecule has 2 heterocycles. The van der Waals surface area contributed by atoms with Crippen LogP contribution in [0.5, 0.6) is 5.75 Å². The predicted molar refractivity (Wildman–Crippen MR) is 124 cm³/mol. The summed E-state index contributed by atoms with van der Waals surface area (Å²) in [6.07, 6.45) is 0.180. The molecule has 33 heavy (non-hydrogen) atoms. The molecule has 0 saturated carbocycles. The topological polar surface area (TPSA) is 135 Å². The van der Waals surface area contributed by atoms with E-state index in [1.807, 2.05) is 30.3 Å². The van der Waals surface area contributed by atoms with E-state index in [0.717, 1.165) is 5.69 Å². The van der Waals surface area contributed by atoms with E-state index in [-0.39, 0.29) is 18.1 Å². The summed E-state index contributed by atoms with van der Waals surface area (Å²) < 4.78 is 6.92. The third-order valence-electron chi connectivity index (χ3n) is 4.59. The summed E-state index contributed by atoms with van der Waals surface area (Å²) in [5.41, 5.74) is 0.771. The molecule has 4 aromatic rings. The minimum absolute atomic E-state index is 0.110. The first kappa shape index (κ1) is 22.1. The second-order valence-corrected chi connectivity index (χ2v) is 7.87. The number of nitrogens with zero attached hydrogens (tertiary/aromatic N) is 3. The van der Waals surface area contributed by atoms with Gasteiger partial charge in [0.25, 0.3) is 5.56 Å². The third-order valence-corrected chi connectivity index (χ3v) is 5.51. The van der Waals surface area contributed by atoms with Crippen LogP contribution in [0.25, 0.3) is 5.69 Å². The average molecular weight is 465 g/mol. The first-order valence-corrected chi connectivity index (χ1v) is 10.9. The van der Waals surface area contributed by atoms with Crippen LogP contribution in [0.1, 0.15) is 11.5 Å². The molecule has 2 aromatic heterocycles. The van der Waals surface area contributed by atoms with Crippen LogP contribution in [0.3, 0.4) is 0 Å². The normalized spacial score (nSPS) is 10.7. The summed E-state index contributed by atoms with van der Waals surface area (Å²) in [7, 11) is 1.58. The van der Waals surface area contributed by atoms with E-state index in [1.54, 1.807) is 35.9 Å². The lowest BCUT2D eigenvalue weighted by atomic mass is 10.2. The summed E-state index contributed by atoms with van der Waals surface area (Å²) in [4.78, 5) is 40.5. The van der Waals surface area contributed by atoms with Gasteiger partial charge < -0.3 is 15.0 Å². The van der Waals surface area contributed by atoms with Crippen molar-refractivity contribution < 1.29 is 9.53 Å². The number of rotatable bonds is 8. The summed E-state index contributed by atoms with van der Waals surface area (Å²) in [6.45, 7) is 0. The van der Waals surface area contributed by atoms with Gasteiger partial charge in [0.2, 0.25) is 5.91 Å². The Balaban J connectivity index is 1.54. The second kappa shape index (κ2) is 10.0. The molecule has 3 N–H and O–H groups in total. The number of anilines is 1. The van der Waals surface area contributed by atoms with Gasteiger partial charge in [-0.25, -0.2) is 4.79 Å². The maximum Gasteiger partial charge on any atom is 0.325 e. The molecule has 1 amide bonds. The first-order chi connectivity index (χ1) is 16.0. The number of amides is 1. The maximum absolute atomic E-state index is 12.5. The van der Waals surface area contributed by atoms with E-state index in [0.29, 0.717) is 28.1 Å². The fourth-order valence-corrected chi connectivity index (χ4v) is 3.90. The van der Waals surface area contributed by atoms with Gasteiger partial charge in [0.1, 0.15) is 11.6 Å². The van der Waals surface area contributed by atoms with Gasteiger partial charge in [0, 0.05) is 29.6 Å². The molecule has 0 aliphatic carbocycles. The summed E-state index contributed by atoms with van der Waals surface area (Å²) in [6, 6.07) is 17.8. The van der Waals surface area contributed by atoms with E-state index < -0.39 is 11.2 Å². The molecule has 0 unspecified atom stereocenters. The number of hydrogen-bond acceptors (Lipinski definition) is 7. The number of aromatic amines is 2. The molecule has 0 aliphatic heterocycles. The number of hydrogen-bond donors (Lipinski definition) is 3. The number of carbonyl (C=O) groups excluding carboxylic acids is 1. The van der Waals surface area contributed by atoms with Gasteiger partial charge in [0.15, 0.2) is 5.16 Å². The number of thioether (sulfide) groups is 1. The number of H-pyrrole nitrogens is 2. The van der Waals surface area contributed by atoms with Crippen molar-refractivity contribution in [1.82, 2.24) is 24.7 Å². The van der Waals surface area contributed by atoms with Crippen molar-refractivity contribution in [3.63, 3.8) is 0 Å². The van der Waals surface area contributed by atoms with Crippen LogP contribution in [0.2, 0.25) is 0 Å². The summed E-state index contributed by atoms with van der Waals surface area (Å²) in [5.74, 6) is 1.13. The molecule has 0 spiro atoms. The molecule has 2 aromatic carbocycles. The Morgan fingerprint density at radius 1 is 1.06 bits per heavy atom. The predicted octanol–water partition coefficient (Wildman–Crippen LogP) is 1.97. The number of nitrogens with one attached hydrogen (secondary N) is 3. The van der Waals surface area contributed by atoms with Crippen LogP contribution < -0.4 is 21.3 Å². The van der Waals surface area contributed by atoms with Gasteiger partial charge >= 0.3 is 5.69 Å². The molecule has 11 heteroatoms. The van der Waals surface area contributed by atoms with Crippen LogP contribution in [-0.2, 0) is 11.2 Å². The van der Waals surface area contributed by atoms with Crippen LogP contribution >= 0.6 is 11.8 Å². The molecular weight excluding hydrogens is 444 g/mol. The number of carbonyl (C=O) groups is 1. The first-order valence-electron chi connectivity index (χ1n) is 9.91. The van der Waals surface area contributed by atoms with Gasteiger partial charge in [0.05, 0.1) is 12.9 Å². The van der Waals surface area contributed by atoms with Crippen LogP contribution in [-0.4, -0.2) is 43.5 Å². The zero-order valence-corrected chi connectivity index (χ0v) is 18.4. The SMILES string of the molecule is COc1ccc(NC(=O)CSc2nnc(Cc3cc(=O)[nH]c(=O)[nH]3)n2-c2ccccc2)cc1. The highest BCUT2D eigenvalue weighted by Gasteiger charge is 2.17. The zero-order chi connectivity index (χ0) is 23.2. The van der Waals surface area contributed by atoms with Crippen LogP contribution in [0.15, 0.2) is 75.4 Å². The van der Waals surface area contributed by atoms with Gasteiger partial charge in [-0.05, 0) is 36.4 Å². The number of methoxy groups -OCH3 is 1. The van der Waals surface area contributed by atoms with E-state index in [2.05, 4.69) is 25.5 Å².